The van der Waals surface area contributed by atoms with Gasteiger partial charge in [0.05, 0.1) is 17.6 Å². The first-order chi connectivity index (χ1) is 14.4. The first-order valence-electron chi connectivity index (χ1n) is 9.10. The lowest BCUT2D eigenvalue weighted by molar-refractivity contribution is 0.0460. The van der Waals surface area contributed by atoms with E-state index >= 15 is 0 Å². The lowest BCUT2D eigenvalue weighted by atomic mass is 10.2. The van der Waals surface area contributed by atoms with E-state index in [1.807, 2.05) is 0 Å². The number of hydrogen-bond donors (Lipinski definition) is 1. The molecule has 0 amide bonds. The van der Waals surface area contributed by atoms with Gasteiger partial charge in [0, 0.05) is 6.20 Å². The molecule has 4 aromatic rings. The zero-order chi connectivity index (χ0) is 21.4. The fourth-order valence-electron chi connectivity index (χ4n) is 3.04. The van der Waals surface area contributed by atoms with Crippen LogP contribution in [0.1, 0.15) is 45.0 Å². The number of aromatic nitrogens is 5. The Balaban J connectivity index is 1.57. The molecule has 0 spiro atoms. The number of rotatable bonds is 5. The molecule has 0 aliphatic heterocycles. The summed E-state index contributed by atoms with van der Waals surface area (Å²) >= 11 is 0. The van der Waals surface area contributed by atoms with Gasteiger partial charge in [-0.25, -0.2) is 14.6 Å². The van der Waals surface area contributed by atoms with Crippen LogP contribution in [0.2, 0.25) is 0 Å². The second-order valence-electron chi connectivity index (χ2n) is 6.43. The van der Waals surface area contributed by atoms with Crippen LogP contribution >= 0.6 is 0 Å². The van der Waals surface area contributed by atoms with Crippen molar-refractivity contribution in [3.63, 3.8) is 0 Å². The quantitative estimate of drug-likeness (QED) is 0.484. The van der Waals surface area contributed by atoms with Crippen molar-refractivity contribution in [1.82, 2.24) is 24.6 Å². The Labute approximate surface area is 169 Å². The molecule has 30 heavy (non-hydrogen) atoms. The molecule has 11 heteroatoms. The number of esters is 2. The van der Waals surface area contributed by atoms with Crippen molar-refractivity contribution in [1.29, 1.82) is 0 Å². The summed E-state index contributed by atoms with van der Waals surface area (Å²) in [5.74, 6) is -0.00688. The normalized spacial score (nSPS) is 11.2. The molecule has 2 N–H and O–H groups in total. The van der Waals surface area contributed by atoms with Gasteiger partial charge in [0.25, 0.3) is 0 Å². The minimum atomic E-state index is -0.574. The van der Waals surface area contributed by atoms with Gasteiger partial charge in [0.2, 0.25) is 5.71 Å². The number of furan rings is 1. The third-order valence-electron chi connectivity index (χ3n) is 4.42. The predicted octanol–water partition coefficient (Wildman–Crippen LogP) is 2.00. The molecule has 4 aromatic heterocycles. The third kappa shape index (κ3) is 3.30. The Bertz CT molecular complexity index is 1290. The molecule has 4 heterocycles. The SMILES string of the molecule is CCOC(=O)c1c(C)oc2nc(COC(=O)c3ccc4nnc(C)n4c3)nc(N)c12. The maximum absolute atomic E-state index is 12.4. The summed E-state index contributed by atoms with van der Waals surface area (Å²) in [6.07, 6.45) is 1.59. The highest BCUT2D eigenvalue weighted by molar-refractivity contribution is 6.07. The van der Waals surface area contributed by atoms with Crippen LogP contribution in [0, 0.1) is 13.8 Å². The lowest BCUT2D eigenvalue weighted by Crippen LogP contribution is -2.10. The van der Waals surface area contributed by atoms with Crippen LogP contribution in [-0.4, -0.2) is 43.1 Å². The van der Waals surface area contributed by atoms with Gasteiger partial charge in [-0.3, -0.25) is 4.40 Å². The molecule has 0 bridgehead atoms. The predicted molar refractivity (Wildman–Crippen MR) is 104 cm³/mol. The highest BCUT2D eigenvalue weighted by Gasteiger charge is 2.24. The van der Waals surface area contributed by atoms with Gasteiger partial charge in [-0.1, -0.05) is 0 Å². The standard InChI is InChI=1S/C19H18N6O5/c1-4-28-19(27)14-9(2)30-17-15(14)16(20)21-12(22-17)8-29-18(26)11-5-6-13-24-23-10(3)25(13)7-11/h5-7H,4,8H2,1-3H3,(H2,20,21,22). The highest BCUT2D eigenvalue weighted by Crippen LogP contribution is 2.29. The van der Waals surface area contributed by atoms with E-state index in [0.717, 1.165) is 0 Å². The van der Waals surface area contributed by atoms with Gasteiger partial charge in [-0.05, 0) is 32.9 Å². The number of nitrogens with zero attached hydrogens (tertiary/aromatic N) is 5. The van der Waals surface area contributed by atoms with Crippen molar-refractivity contribution >= 4 is 34.5 Å². The molecule has 0 fully saturated rings. The molecule has 0 aliphatic rings. The largest absolute Gasteiger partial charge is 0.462 e. The van der Waals surface area contributed by atoms with E-state index in [-0.39, 0.29) is 41.5 Å². The molecule has 0 aromatic carbocycles. The highest BCUT2D eigenvalue weighted by atomic mass is 16.5. The van der Waals surface area contributed by atoms with Crippen molar-refractivity contribution in [2.24, 2.45) is 0 Å². The molecule has 0 atom stereocenters. The first-order valence-corrected chi connectivity index (χ1v) is 9.10. The van der Waals surface area contributed by atoms with Gasteiger partial charge < -0.3 is 19.6 Å². The van der Waals surface area contributed by atoms with E-state index in [9.17, 15) is 9.59 Å². The molecular weight excluding hydrogens is 392 g/mol. The molecule has 0 radical (unpaired) electrons. The van der Waals surface area contributed by atoms with Crippen molar-refractivity contribution in [2.75, 3.05) is 12.3 Å². The number of anilines is 1. The number of carbonyl (C=O) groups is 2. The van der Waals surface area contributed by atoms with Crippen LogP contribution in [0.4, 0.5) is 5.82 Å². The van der Waals surface area contributed by atoms with Crippen molar-refractivity contribution in [3.05, 3.63) is 46.9 Å². The minimum absolute atomic E-state index is 0.0347. The van der Waals surface area contributed by atoms with Gasteiger partial charge in [0.1, 0.15) is 23.0 Å². The average Bonchev–Trinajstić information content (AvgIpc) is 3.25. The zero-order valence-corrected chi connectivity index (χ0v) is 16.5. The molecule has 4 rings (SSSR count). The monoisotopic (exact) mass is 410 g/mol. The molecule has 0 aliphatic carbocycles. The number of ether oxygens (including phenoxy) is 2. The Morgan fingerprint density at radius 3 is 2.70 bits per heavy atom. The van der Waals surface area contributed by atoms with Crippen LogP contribution in [0.25, 0.3) is 16.7 Å². The number of nitrogens with two attached hydrogens (primary N) is 1. The Kier molecular flexibility index (Phi) is 4.78. The summed E-state index contributed by atoms with van der Waals surface area (Å²) in [5, 5.41) is 8.19. The maximum Gasteiger partial charge on any atom is 0.342 e. The second kappa shape index (κ2) is 7.43. The third-order valence-corrected chi connectivity index (χ3v) is 4.42. The Morgan fingerprint density at radius 1 is 1.13 bits per heavy atom. The number of aryl methyl sites for hydroxylation is 2. The molecule has 154 valence electrons. The summed E-state index contributed by atoms with van der Waals surface area (Å²) in [4.78, 5) is 32.9. The molecule has 0 saturated heterocycles. The fourth-order valence-corrected chi connectivity index (χ4v) is 3.04. The number of carbonyl (C=O) groups excluding carboxylic acids is 2. The number of nitrogen functional groups attached to an aromatic ring is 1. The topological polar surface area (TPSA) is 148 Å². The summed E-state index contributed by atoms with van der Waals surface area (Å²) in [6.45, 7) is 5.06. The average molecular weight is 410 g/mol. The van der Waals surface area contributed by atoms with E-state index in [1.54, 1.807) is 43.5 Å². The number of hydrogen-bond acceptors (Lipinski definition) is 10. The van der Waals surface area contributed by atoms with Gasteiger partial charge in [-0.15, -0.1) is 10.2 Å². The van der Waals surface area contributed by atoms with Crippen LogP contribution < -0.4 is 5.73 Å². The van der Waals surface area contributed by atoms with Gasteiger partial charge >= 0.3 is 11.9 Å². The van der Waals surface area contributed by atoms with E-state index < -0.39 is 11.9 Å². The van der Waals surface area contributed by atoms with Crippen molar-refractivity contribution < 1.29 is 23.5 Å². The van der Waals surface area contributed by atoms with Crippen molar-refractivity contribution in [3.8, 4) is 0 Å². The van der Waals surface area contributed by atoms with E-state index in [2.05, 4.69) is 20.2 Å². The molecule has 0 saturated carbocycles. The zero-order valence-electron chi connectivity index (χ0n) is 16.5. The number of fused-ring (bicyclic) bond motifs is 2. The van der Waals surface area contributed by atoms with Crippen molar-refractivity contribution in [2.45, 2.75) is 27.4 Å². The summed E-state index contributed by atoms with van der Waals surface area (Å²) < 4.78 is 17.6. The Hall–Kier alpha value is -4.02. The van der Waals surface area contributed by atoms with Crippen LogP contribution in [0.3, 0.4) is 0 Å². The van der Waals surface area contributed by atoms with Crippen LogP contribution in [0.5, 0.6) is 0 Å². The fraction of sp³-hybridized carbons (Fsp3) is 0.263. The van der Waals surface area contributed by atoms with Crippen LogP contribution in [-0.2, 0) is 16.1 Å². The summed E-state index contributed by atoms with van der Waals surface area (Å²) in [7, 11) is 0. The number of pyridine rings is 1. The summed E-state index contributed by atoms with van der Waals surface area (Å²) in [6, 6.07) is 3.26. The van der Waals surface area contributed by atoms with E-state index in [0.29, 0.717) is 22.8 Å². The molecular formula is C19H18N6O5. The minimum Gasteiger partial charge on any atom is -0.462 e. The van der Waals surface area contributed by atoms with Crippen LogP contribution in [0.15, 0.2) is 22.7 Å². The lowest BCUT2D eigenvalue weighted by Gasteiger charge is -2.06. The maximum atomic E-state index is 12.4. The van der Waals surface area contributed by atoms with E-state index in [1.165, 1.54) is 0 Å². The van der Waals surface area contributed by atoms with E-state index in [4.69, 9.17) is 19.6 Å². The van der Waals surface area contributed by atoms with Gasteiger partial charge in [0.15, 0.2) is 18.1 Å². The molecule has 0 unspecified atom stereocenters. The summed E-state index contributed by atoms with van der Waals surface area (Å²) in [5.41, 5.74) is 7.26. The Morgan fingerprint density at radius 2 is 1.93 bits per heavy atom. The second-order valence-corrected chi connectivity index (χ2v) is 6.43. The van der Waals surface area contributed by atoms with Gasteiger partial charge in [-0.2, -0.15) is 4.98 Å². The molecule has 11 nitrogen and oxygen atoms in total. The first kappa shape index (κ1) is 19.3. The smallest absolute Gasteiger partial charge is 0.342 e.